The second-order valence-electron chi connectivity index (χ2n) is 3.69. The molecule has 1 heterocycles. The molecule has 0 aromatic carbocycles. The molecule has 1 saturated heterocycles. The minimum Gasteiger partial charge on any atom is -0.295 e. The average Bonchev–Trinajstić information content (AvgIpc) is 2.08. The molecule has 0 aromatic rings. The van der Waals surface area contributed by atoms with E-state index in [1.165, 1.54) is 0 Å². The monoisotopic (exact) mass is 163 g/mol. The molecule has 0 amide bonds. The Balaban J connectivity index is 2.57. The number of alkyl halides is 2. The maximum absolute atomic E-state index is 12.9. The molecule has 0 radical (unpaired) electrons. The third-order valence-corrected chi connectivity index (χ3v) is 2.37. The van der Waals surface area contributed by atoms with Crippen LogP contribution in [0.3, 0.4) is 0 Å². The Labute approximate surface area is 66.4 Å². The smallest absolute Gasteiger partial charge is 0.264 e. The molecule has 0 aliphatic carbocycles. The first-order valence-electron chi connectivity index (χ1n) is 4.05. The lowest BCUT2D eigenvalue weighted by Gasteiger charge is -2.19. The number of hydrogen-bond acceptors (Lipinski definition) is 1. The van der Waals surface area contributed by atoms with Crippen molar-refractivity contribution in [2.45, 2.75) is 32.7 Å². The van der Waals surface area contributed by atoms with Gasteiger partial charge in [-0.05, 0) is 13.8 Å². The fraction of sp³-hybridized carbons (Fsp3) is 1.00. The van der Waals surface area contributed by atoms with Crippen LogP contribution in [0, 0.1) is 5.92 Å². The van der Waals surface area contributed by atoms with E-state index in [2.05, 4.69) is 0 Å². The predicted octanol–water partition coefficient (Wildman–Crippen LogP) is 1.98. The van der Waals surface area contributed by atoms with Crippen LogP contribution in [0.2, 0.25) is 0 Å². The minimum atomic E-state index is -2.47. The molecule has 1 unspecified atom stereocenters. The van der Waals surface area contributed by atoms with Gasteiger partial charge >= 0.3 is 0 Å². The van der Waals surface area contributed by atoms with Crippen molar-refractivity contribution in [3.05, 3.63) is 0 Å². The molecule has 1 atom stereocenters. The van der Waals surface area contributed by atoms with Gasteiger partial charge in [0.2, 0.25) is 0 Å². The van der Waals surface area contributed by atoms with E-state index in [4.69, 9.17) is 0 Å². The third-order valence-electron chi connectivity index (χ3n) is 2.37. The van der Waals surface area contributed by atoms with Crippen LogP contribution < -0.4 is 0 Å². The molecule has 1 aliphatic rings. The molecular weight excluding hydrogens is 148 g/mol. The van der Waals surface area contributed by atoms with E-state index in [0.717, 1.165) is 0 Å². The van der Waals surface area contributed by atoms with Gasteiger partial charge in [-0.2, -0.15) is 0 Å². The minimum absolute atomic E-state index is 0.0637. The van der Waals surface area contributed by atoms with Crippen LogP contribution in [-0.4, -0.2) is 30.0 Å². The second-order valence-corrected chi connectivity index (χ2v) is 3.69. The standard InChI is InChI=1S/C8H15F2N/c1-6(2)11-4-7(3)8(9,10)5-11/h6-7H,4-5H2,1-3H3. The molecule has 1 nitrogen and oxygen atoms in total. The number of likely N-dealkylation sites (tertiary alicyclic amines) is 1. The van der Waals surface area contributed by atoms with Crippen molar-refractivity contribution in [2.75, 3.05) is 13.1 Å². The van der Waals surface area contributed by atoms with Crippen LogP contribution in [-0.2, 0) is 0 Å². The zero-order valence-corrected chi connectivity index (χ0v) is 7.27. The Morgan fingerprint density at radius 3 is 2.18 bits per heavy atom. The van der Waals surface area contributed by atoms with Crippen molar-refractivity contribution in [3.8, 4) is 0 Å². The highest BCUT2D eigenvalue weighted by atomic mass is 19.3. The molecule has 66 valence electrons. The quantitative estimate of drug-likeness (QED) is 0.571. The Bertz CT molecular complexity index is 145. The molecule has 1 rings (SSSR count). The van der Waals surface area contributed by atoms with Gasteiger partial charge in [0.1, 0.15) is 0 Å². The summed E-state index contributed by atoms with van der Waals surface area (Å²) in [7, 11) is 0. The highest BCUT2D eigenvalue weighted by molar-refractivity contribution is 4.88. The number of nitrogens with zero attached hydrogens (tertiary/aromatic N) is 1. The van der Waals surface area contributed by atoms with Gasteiger partial charge in [0.25, 0.3) is 5.92 Å². The first-order valence-corrected chi connectivity index (χ1v) is 4.05. The maximum Gasteiger partial charge on any atom is 0.264 e. The molecule has 3 heteroatoms. The van der Waals surface area contributed by atoms with Crippen molar-refractivity contribution < 1.29 is 8.78 Å². The van der Waals surface area contributed by atoms with E-state index < -0.39 is 11.8 Å². The molecule has 0 aromatic heterocycles. The van der Waals surface area contributed by atoms with Crippen LogP contribution in [0.25, 0.3) is 0 Å². The summed E-state index contributed by atoms with van der Waals surface area (Å²) >= 11 is 0. The second kappa shape index (κ2) is 2.70. The topological polar surface area (TPSA) is 3.24 Å². The van der Waals surface area contributed by atoms with Gasteiger partial charge in [0.15, 0.2) is 0 Å². The average molecular weight is 163 g/mol. The predicted molar refractivity (Wildman–Crippen MR) is 40.8 cm³/mol. The Morgan fingerprint density at radius 2 is 2.00 bits per heavy atom. The normalized spacial score (nSPS) is 31.6. The van der Waals surface area contributed by atoms with Gasteiger partial charge in [-0.15, -0.1) is 0 Å². The van der Waals surface area contributed by atoms with E-state index in [1.807, 2.05) is 18.7 Å². The van der Waals surface area contributed by atoms with Crippen LogP contribution in [0.4, 0.5) is 8.78 Å². The van der Waals surface area contributed by atoms with Crippen molar-refractivity contribution in [1.82, 2.24) is 4.90 Å². The van der Waals surface area contributed by atoms with Crippen molar-refractivity contribution in [3.63, 3.8) is 0 Å². The highest BCUT2D eigenvalue weighted by Gasteiger charge is 2.45. The first-order chi connectivity index (χ1) is 4.93. The van der Waals surface area contributed by atoms with Gasteiger partial charge in [0.05, 0.1) is 6.54 Å². The molecule has 1 fully saturated rings. The van der Waals surface area contributed by atoms with Crippen LogP contribution in [0.15, 0.2) is 0 Å². The SMILES string of the molecule is CC(C)N1CC(C)C(F)(F)C1. The fourth-order valence-electron chi connectivity index (χ4n) is 1.37. The van der Waals surface area contributed by atoms with E-state index in [9.17, 15) is 8.78 Å². The summed E-state index contributed by atoms with van der Waals surface area (Å²) in [5.74, 6) is -2.95. The highest BCUT2D eigenvalue weighted by Crippen LogP contribution is 2.33. The van der Waals surface area contributed by atoms with Crippen LogP contribution in [0.5, 0.6) is 0 Å². The summed E-state index contributed by atoms with van der Waals surface area (Å²) in [6.07, 6.45) is 0. The molecule has 0 N–H and O–H groups in total. The Hall–Kier alpha value is -0.180. The lowest BCUT2D eigenvalue weighted by Crippen LogP contribution is -2.31. The number of hydrogen-bond donors (Lipinski definition) is 0. The van der Waals surface area contributed by atoms with Gasteiger partial charge < -0.3 is 0 Å². The lowest BCUT2D eigenvalue weighted by atomic mass is 10.1. The zero-order valence-electron chi connectivity index (χ0n) is 7.27. The summed E-state index contributed by atoms with van der Waals surface area (Å²) in [4.78, 5) is 1.82. The summed E-state index contributed by atoms with van der Waals surface area (Å²) in [5, 5.41) is 0. The van der Waals surface area contributed by atoms with E-state index in [0.29, 0.717) is 6.54 Å². The maximum atomic E-state index is 12.9. The summed E-state index contributed by atoms with van der Waals surface area (Å²) < 4.78 is 25.8. The van der Waals surface area contributed by atoms with E-state index in [1.54, 1.807) is 6.92 Å². The lowest BCUT2D eigenvalue weighted by molar-refractivity contribution is -0.0224. The van der Waals surface area contributed by atoms with Gasteiger partial charge in [0, 0.05) is 18.5 Å². The Morgan fingerprint density at radius 1 is 1.45 bits per heavy atom. The summed E-state index contributed by atoms with van der Waals surface area (Å²) in [5.41, 5.74) is 0. The number of halogens is 2. The zero-order chi connectivity index (χ0) is 8.65. The largest absolute Gasteiger partial charge is 0.295 e. The molecule has 11 heavy (non-hydrogen) atoms. The van der Waals surface area contributed by atoms with Crippen LogP contribution in [0.1, 0.15) is 20.8 Å². The summed E-state index contributed by atoms with van der Waals surface area (Å²) in [6, 6.07) is 0.242. The molecule has 0 spiro atoms. The Kier molecular flexibility index (Phi) is 2.19. The fourth-order valence-corrected chi connectivity index (χ4v) is 1.37. The molecule has 0 saturated carbocycles. The van der Waals surface area contributed by atoms with Crippen molar-refractivity contribution in [2.24, 2.45) is 5.92 Å². The van der Waals surface area contributed by atoms with Gasteiger partial charge in [-0.3, -0.25) is 4.90 Å². The van der Waals surface area contributed by atoms with Gasteiger partial charge in [-0.25, -0.2) is 8.78 Å². The van der Waals surface area contributed by atoms with Crippen molar-refractivity contribution >= 4 is 0 Å². The van der Waals surface area contributed by atoms with Crippen molar-refractivity contribution in [1.29, 1.82) is 0 Å². The molecule has 0 bridgehead atoms. The van der Waals surface area contributed by atoms with E-state index >= 15 is 0 Å². The third kappa shape index (κ3) is 1.70. The van der Waals surface area contributed by atoms with Crippen LogP contribution >= 0.6 is 0 Å². The molecular formula is C8H15F2N. The van der Waals surface area contributed by atoms with E-state index in [-0.39, 0.29) is 12.6 Å². The first kappa shape index (κ1) is 8.91. The summed E-state index contributed by atoms with van der Waals surface area (Å²) in [6.45, 7) is 5.99. The van der Waals surface area contributed by atoms with Gasteiger partial charge in [-0.1, -0.05) is 6.92 Å². The number of rotatable bonds is 1. The molecule has 1 aliphatic heterocycles.